The van der Waals surface area contributed by atoms with E-state index in [0.717, 1.165) is 0 Å². The smallest absolute Gasteiger partial charge is 0.0155 e. The van der Waals surface area contributed by atoms with Gasteiger partial charge in [0.15, 0.2) is 0 Å². The van der Waals surface area contributed by atoms with Crippen molar-refractivity contribution < 1.29 is 63.6 Å². The summed E-state index contributed by atoms with van der Waals surface area (Å²) in [7, 11) is 3.14. The second-order valence-electron chi connectivity index (χ2n) is 18.9. The van der Waals surface area contributed by atoms with E-state index in [1.807, 2.05) is 0 Å². The van der Waals surface area contributed by atoms with Crippen molar-refractivity contribution >= 4 is 23.9 Å². The third kappa shape index (κ3) is 1.26. The van der Waals surface area contributed by atoms with E-state index in [1.54, 1.807) is 111 Å². The molecule has 10 aliphatic heterocycles. The van der Waals surface area contributed by atoms with Gasteiger partial charge in [-0.05, 0) is 48.5 Å². The van der Waals surface area contributed by atoms with Gasteiger partial charge in [-0.15, -0.1) is 0 Å². The number of methoxy groups -OCH3 is 2. The van der Waals surface area contributed by atoms with E-state index < -0.39 is 18.4 Å². The summed E-state index contributed by atoms with van der Waals surface area (Å²) in [6, 6.07) is 26.8. The fourth-order valence-electron chi connectivity index (χ4n) is 21.4. The van der Waals surface area contributed by atoms with Crippen LogP contribution < -0.4 is 28.4 Å². The summed E-state index contributed by atoms with van der Waals surface area (Å²) < 4.78 is 44.4. The minimum absolute atomic E-state index is 0.0546. The Morgan fingerprint density at radius 1 is 0.456 bits per heavy atom. The topological polar surface area (TPSA) is 142 Å². The predicted octanol–water partition coefficient (Wildman–Crippen LogP) is 7.82. The van der Waals surface area contributed by atoms with Crippen LogP contribution in [0.3, 0.4) is 0 Å². The second kappa shape index (κ2) is 6.35. The van der Waals surface area contributed by atoms with Crippen molar-refractivity contribution in [1.29, 1.82) is 0 Å². The molecule has 1 spiro atoms. The first-order valence-electron chi connectivity index (χ1n) is 19.3. The molecule has 0 aliphatic carbocycles. The molecule has 0 N–H and O–H groups in total. The van der Waals surface area contributed by atoms with Crippen LogP contribution in [-0.2, 0) is 25.6 Å². The molecule has 0 aromatic heterocycles. The Labute approximate surface area is 316 Å². The molecule has 13 heteroatoms. The van der Waals surface area contributed by atoms with Crippen LogP contribution in [0.25, 0.3) is 0 Å². The molecule has 57 heavy (non-hydrogen) atoms. The molecule has 0 amide bonds. The van der Waals surface area contributed by atoms with Crippen LogP contribution in [0.1, 0.15) is 20.7 Å². The first-order valence-corrected chi connectivity index (χ1v) is 25.5. The summed E-state index contributed by atoms with van der Waals surface area (Å²) in [6.45, 7) is -3.90. The Hall–Kier alpha value is -5.52. The molecule has 10 fully saturated rings. The van der Waals surface area contributed by atoms with Crippen LogP contribution in [0.5, 0.6) is 34.5 Å². The van der Waals surface area contributed by atoms with Gasteiger partial charge in [-0.3, -0.25) is 0 Å². The maximum Gasteiger partial charge on any atom is -0.0155 e. The number of rotatable bonds is 16. The Morgan fingerprint density at radius 2 is 0.772 bits per heavy atom. The minimum atomic E-state index is -4.54. The molecule has 0 saturated carbocycles. The standard InChI is InChI=1S/2C22H19O6.Fe/c2*1-25-18-10-12-20(13-11-18)28-22(24)17-6-8-19(9-7-17)26-14-15-27-21(23)16-4-2-3-5-16;/h2*2-13H,14-15H2,1H3;. The van der Waals surface area contributed by atoms with Crippen molar-refractivity contribution in [1.82, 2.24) is 0 Å². The molecule has 8 unspecified atom stereocenters. The number of carbonyl (C=O) groups is 4. The molecule has 4 aromatic carbocycles. The average molecular weight is 815 g/mol. The molecule has 8 atom stereocenters. The SMILES string of the molecule is COc1ccc(OC(=O)c2ccc(OCCOC(=O)[C]34[CH]5[CH]6[CH]7[CH]3[Fe]6754389%10[CH]4[CH]3[CH]8[C]9(C(=O)OCCOc3ccc(C(=O)Oc5ccc(OC)cc5)cc3)[CH]4%10)cc2)cc1. The molecule has 14 rings (SSSR count). The molecular formula is C44H38FeO12. The quantitative estimate of drug-likeness (QED) is 0.0471. The van der Waals surface area contributed by atoms with Crippen LogP contribution in [-0.4, -0.2) is 64.5 Å². The van der Waals surface area contributed by atoms with Crippen molar-refractivity contribution in [3.63, 3.8) is 0 Å². The normalized spacial score (nSPS) is 44.2. The molecule has 0 radical (unpaired) electrons. The number of fused-ring (bicyclic) bond motifs is 10. The van der Waals surface area contributed by atoms with Gasteiger partial charge in [0.05, 0.1) is 14.2 Å². The van der Waals surface area contributed by atoms with Gasteiger partial charge in [-0.25, -0.2) is 0 Å². The Kier molecular flexibility index (Phi) is 3.52. The summed E-state index contributed by atoms with van der Waals surface area (Å²) in [5, 5.41) is 0. The van der Waals surface area contributed by atoms with E-state index in [2.05, 4.69) is 0 Å². The predicted molar refractivity (Wildman–Crippen MR) is 197 cm³/mol. The summed E-state index contributed by atoms with van der Waals surface area (Å²) in [5.74, 6) is 2.19. The molecule has 10 saturated heterocycles. The minimum Gasteiger partial charge on any atom is -0.0163 e. The molecule has 10 aliphatic rings. The zero-order chi connectivity index (χ0) is 38.7. The fourth-order valence-corrected chi connectivity index (χ4v) is 96.4. The number of ether oxygens (including phenoxy) is 8. The summed E-state index contributed by atoms with van der Waals surface area (Å²) >= 11 is 0. The summed E-state index contributed by atoms with van der Waals surface area (Å²) in [4.78, 5) is 58.1. The van der Waals surface area contributed by atoms with Crippen molar-refractivity contribution in [2.75, 3.05) is 40.6 Å². The zero-order valence-corrected chi connectivity index (χ0v) is 32.0. The maximum absolute atomic E-state index is 14.2. The van der Waals surface area contributed by atoms with Crippen molar-refractivity contribution in [3.05, 3.63) is 108 Å². The third-order valence-corrected chi connectivity index (χ3v) is 63.9. The third-order valence-electron chi connectivity index (χ3n) is 21.3. The van der Waals surface area contributed by atoms with Crippen LogP contribution in [0.2, 0.25) is 47.2 Å². The molecule has 294 valence electrons. The Morgan fingerprint density at radius 3 is 1.09 bits per heavy atom. The molecule has 4 aromatic rings. The van der Waals surface area contributed by atoms with Crippen molar-refractivity contribution in [3.8, 4) is 34.5 Å². The molecule has 10 heterocycles. The largest absolute Gasteiger partial charge is 0.0163 e. The van der Waals surface area contributed by atoms with E-state index in [1.165, 1.54) is 0 Å². The number of carbonyl (C=O) groups excluding carboxylic acids is 4. The van der Waals surface area contributed by atoms with E-state index >= 15 is 0 Å². The fraction of sp³-hybridized carbons (Fsp3) is 0.364. The number of hydrogen-bond acceptors (Lipinski definition) is 12. The molecule has 12 nitrogen and oxygen atoms in total. The van der Waals surface area contributed by atoms with E-state index in [0.29, 0.717) is 84.2 Å². The van der Waals surface area contributed by atoms with Gasteiger partial charge in [-0.2, -0.15) is 0 Å². The van der Waals surface area contributed by atoms with Crippen LogP contribution in [0.15, 0.2) is 97.1 Å². The van der Waals surface area contributed by atoms with Gasteiger partial charge in [0.2, 0.25) is 0 Å². The zero-order valence-electron chi connectivity index (χ0n) is 30.9. The first kappa shape index (κ1) is 31.6. The summed E-state index contributed by atoms with van der Waals surface area (Å²) in [5.41, 5.74) is 0.758. The summed E-state index contributed by atoms with van der Waals surface area (Å²) in [6.07, 6.45) is 0. The van der Waals surface area contributed by atoms with E-state index in [4.69, 9.17) is 37.9 Å². The Balaban J connectivity index is 0.590. The van der Waals surface area contributed by atoms with Gasteiger partial charge in [0.1, 0.15) is 23.0 Å². The molecular weight excluding hydrogens is 776 g/mol. The van der Waals surface area contributed by atoms with Gasteiger partial charge < -0.3 is 9.47 Å². The van der Waals surface area contributed by atoms with E-state index in [-0.39, 0.29) is 47.0 Å². The average Bonchev–Trinajstić information content (AvgIpc) is 4.19. The van der Waals surface area contributed by atoms with E-state index in [9.17, 15) is 19.2 Å². The first-order chi connectivity index (χ1) is 27.5. The monoisotopic (exact) mass is 814 g/mol. The molecule has 0 bridgehead atoms. The van der Waals surface area contributed by atoms with Gasteiger partial charge in [0, 0.05) is 0 Å². The number of esters is 4. The maximum atomic E-state index is 14.2. The van der Waals surface area contributed by atoms with Gasteiger partial charge in [0.25, 0.3) is 0 Å². The number of benzene rings is 4. The number of hydrogen-bond donors (Lipinski definition) is 0. The van der Waals surface area contributed by atoms with Crippen molar-refractivity contribution in [2.45, 2.75) is 47.2 Å². The van der Waals surface area contributed by atoms with Gasteiger partial charge in [-0.1, -0.05) is 0 Å². The van der Waals surface area contributed by atoms with Crippen LogP contribution >= 0.6 is 0 Å². The second-order valence-corrected chi connectivity index (χ2v) is 42.1. The van der Waals surface area contributed by atoms with Crippen molar-refractivity contribution in [2.24, 2.45) is 0 Å². The Bertz CT molecular complexity index is 2700. The van der Waals surface area contributed by atoms with Gasteiger partial charge >= 0.3 is 223 Å². The van der Waals surface area contributed by atoms with Crippen LogP contribution in [0, 0.1) is 0 Å². The van der Waals surface area contributed by atoms with Crippen LogP contribution in [0.4, 0.5) is 0 Å².